The number of hydrogen-bond donors (Lipinski definition) is 2. The third-order valence-electron chi connectivity index (χ3n) is 2.54. The second-order valence-electron chi connectivity index (χ2n) is 3.80. The zero-order valence-corrected chi connectivity index (χ0v) is 9.71. The van der Waals surface area contributed by atoms with Crippen LogP contribution in [0.1, 0.15) is 12.6 Å². The van der Waals surface area contributed by atoms with E-state index in [1.54, 1.807) is 6.20 Å². The van der Waals surface area contributed by atoms with Crippen LogP contribution in [0.3, 0.4) is 0 Å². The molecule has 1 aromatic rings. The summed E-state index contributed by atoms with van der Waals surface area (Å²) in [6.07, 6.45) is 2.00. The van der Waals surface area contributed by atoms with E-state index in [9.17, 15) is 5.11 Å². The maximum Gasteiger partial charge on any atom is 0.0897 e. The largest absolute Gasteiger partial charge is 0.394 e. The van der Waals surface area contributed by atoms with Crippen molar-refractivity contribution >= 4 is 0 Å². The van der Waals surface area contributed by atoms with Crippen LogP contribution < -0.4 is 0 Å². The summed E-state index contributed by atoms with van der Waals surface area (Å²) in [5.74, 6) is 0. The first kappa shape index (κ1) is 13.1. The molecule has 1 unspecified atom stereocenters. The fourth-order valence-corrected chi connectivity index (χ4v) is 1.55. The third-order valence-corrected chi connectivity index (χ3v) is 2.54. The Bertz CT molecular complexity index is 280. The van der Waals surface area contributed by atoms with E-state index in [1.807, 2.05) is 25.1 Å². The van der Waals surface area contributed by atoms with Gasteiger partial charge in [0, 0.05) is 31.4 Å². The molecule has 90 valence electrons. The molecule has 0 radical (unpaired) electrons. The molecule has 0 spiro atoms. The van der Waals surface area contributed by atoms with E-state index in [0.717, 1.165) is 25.2 Å². The minimum absolute atomic E-state index is 0.180. The van der Waals surface area contributed by atoms with Crippen LogP contribution in [-0.2, 0) is 6.42 Å². The van der Waals surface area contributed by atoms with Gasteiger partial charge in [0.1, 0.15) is 0 Å². The Labute approximate surface area is 96.6 Å². The van der Waals surface area contributed by atoms with E-state index in [1.165, 1.54) is 0 Å². The molecule has 0 aliphatic carbocycles. The van der Waals surface area contributed by atoms with Gasteiger partial charge in [0.05, 0.1) is 12.7 Å². The monoisotopic (exact) mass is 224 g/mol. The topological polar surface area (TPSA) is 56.6 Å². The number of pyridine rings is 1. The van der Waals surface area contributed by atoms with Crippen LogP contribution in [0.4, 0.5) is 0 Å². The normalized spacial score (nSPS) is 13.0. The first-order chi connectivity index (χ1) is 7.76. The van der Waals surface area contributed by atoms with Crippen LogP contribution in [0.2, 0.25) is 0 Å². The molecule has 2 N–H and O–H groups in total. The highest BCUT2D eigenvalue weighted by molar-refractivity contribution is 5.03. The molecule has 1 atom stereocenters. The molecule has 1 rings (SSSR count). The van der Waals surface area contributed by atoms with Gasteiger partial charge in [-0.3, -0.25) is 4.98 Å². The van der Waals surface area contributed by atoms with Gasteiger partial charge in [-0.05, 0) is 18.7 Å². The van der Waals surface area contributed by atoms with E-state index in [-0.39, 0.29) is 6.61 Å². The average Bonchev–Trinajstić information content (AvgIpc) is 2.35. The van der Waals surface area contributed by atoms with Gasteiger partial charge in [-0.2, -0.15) is 0 Å². The molecule has 0 amide bonds. The summed E-state index contributed by atoms with van der Waals surface area (Å²) in [5.41, 5.74) is 1.06. The van der Waals surface area contributed by atoms with Gasteiger partial charge in [-0.15, -0.1) is 0 Å². The molecule has 1 heterocycles. The van der Waals surface area contributed by atoms with Crippen molar-refractivity contribution in [2.45, 2.75) is 19.4 Å². The SMILES string of the molecule is CCN(CCc1ccccn1)CC(O)CO. The van der Waals surface area contributed by atoms with Crippen molar-refractivity contribution in [3.8, 4) is 0 Å². The first-order valence-electron chi connectivity index (χ1n) is 5.67. The van der Waals surface area contributed by atoms with Gasteiger partial charge >= 0.3 is 0 Å². The minimum atomic E-state index is -0.649. The second-order valence-corrected chi connectivity index (χ2v) is 3.80. The summed E-state index contributed by atoms with van der Waals surface area (Å²) in [7, 11) is 0. The second kappa shape index (κ2) is 7.33. The molecular formula is C12H20N2O2. The summed E-state index contributed by atoms with van der Waals surface area (Å²) in [6.45, 7) is 4.09. The Morgan fingerprint density at radius 1 is 1.44 bits per heavy atom. The zero-order chi connectivity index (χ0) is 11.8. The standard InChI is InChI=1S/C12H20N2O2/c1-2-14(9-12(16)10-15)8-6-11-5-3-4-7-13-11/h3-5,7,12,15-16H,2,6,8-10H2,1H3. The molecule has 1 aromatic heterocycles. The van der Waals surface area contributed by atoms with Crippen molar-refractivity contribution in [1.82, 2.24) is 9.88 Å². The lowest BCUT2D eigenvalue weighted by Crippen LogP contribution is -2.35. The highest BCUT2D eigenvalue weighted by Gasteiger charge is 2.09. The number of rotatable bonds is 7. The predicted octanol–water partition coefficient (Wildman–Crippen LogP) is 0.299. The highest BCUT2D eigenvalue weighted by atomic mass is 16.3. The fourth-order valence-electron chi connectivity index (χ4n) is 1.55. The van der Waals surface area contributed by atoms with E-state index in [2.05, 4.69) is 9.88 Å². The predicted molar refractivity (Wildman–Crippen MR) is 63.1 cm³/mol. The fraction of sp³-hybridized carbons (Fsp3) is 0.583. The van der Waals surface area contributed by atoms with Crippen LogP contribution in [0, 0.1) is 0 Å². The summed E-state index contributed by atoms with van der Waals surface area (Å²) < 4.78 is 0. The first-order valence-corrected chi connectivity index (χ1v) is 5.67. The summed E-state index contributed by atoms with van der Waals surface area (Å²) in [6, 6.07) is 5.87. The lowest BCUT2D eigenvalue weighted by Gasteiger charge is -2.22. The molecule has 0 aromatic carbocycles. The molecule has 0 aliphatic heterocycles. The van der Waals surface area contributed by atoms with E-state index < -0.39 is 6.10 Å². The van der Waals surface area contributed by atoms with Gasteiger partial charge in [-0.25, -0.2) is 0 Å². The molecule has 4 nitrogen and oxygen atoms in total. The van der Waals surface area contributed by atoms with Crippen molar-refractivity contribution in [1.29, 1.82) is 0 Å². The molecule has 0 saturated carbocycles. The maximum atomic E-state index is 9.35. The van der Waals surface area contributed by atoms with E-state index >= 15 is 0 Å². The Hall–Kier alpha value is -0.970. The maximum absolute atomic E-state index is 9.35. The van der Waals surface area contributed by atoms with E-state index in [4.69, 9.17) is 5.11 Å². The van der Waals surface area contributed by atoms with Crippen molar-refractivity contribution in [2.75, 3.05) is 26.2 Å². The Morgan fingerprint density at radius 2 is 2.25 bits per heavy atom. The van der Waals surface area contributed by atoms with Crippen LogP contribution >= 0.6 is 0 Å². The smallest absolute Gasteiger partial charge is 0.0897 e. The van der Waals surface area contributed by atoms with Gasteiger partial charge in [0.25, 0.3) is 0 Å². The van der Waals surface area contributed by atoms with Crippen LogP contribution in [0.25, 0.3) is 0 Å². The lowest BCUT2D eigenvalue weighted by molar-refractivity contribution is 0.0609. The number of aliphatic hydroxyl groups is 2. The lowest BCUT2D eigenvalue weighted by atomic mass is 10.2. The third kappa shape index (κ3) is 4.70. The quantitative estimate of drug-likeness (QED) is 0.699. The summed E-state index contributed by atoms with van der Waals surface area (Å²) in [5, 5.41) is 18.1. The highest BCUT2D eigenvalue weighted by Crippen LogP contribution is 1.99. The average molecular weight is 224 g/mol. The van der Waals surface area contributed by atoms with Crippen LogP contribution in [0.15, 0.2) is 24.4 Å². The van der Waals surface area contributed by atoms with Crippen LogP contribution in [0.5, 0.6) is 0 Å². The number of aromatic nitrogens is 1. The Morgan fingerprint density at radius 3 is 2.81 bits per heavy atom. The van der Waals surface area contributed by atoms with Gasteiger partial charge < -0.3 is 15.1 Å². The Balaban J connectivity index is 2.34. The molecule has 0 fully saturated rings. The molecule has 0 bridgehead atoms. The molecule has 0 aliphatic rings. The molecule has 0 saturated heterocycles. The van der Waals surface area contributed by atoms with Crippen molar-refractivity contribution in [2.24, 2.45) is 0 Å². The zero-order valence-electron chi connectivity index (χ0n) is 9.71. The number of nitrogens with zero attached hydrogens (tertiary/aromatic N) is 2. The molecule has 4 heteroatoms. The number of likely N-dealkylation sites (N-methyl/N-ethyl adjacent to an activating group) is 1. The Kier molecular flexibility index (Phi) is 6.00. The minimum Gasteiger partial charge on any atom is -0.394 e. The van der Waals surface area contributed by atoms with Gasteiger partial charge in [0.15, 0.2) is 0 Å². The van der Waals surface area contributed by atoms with E-state index in [0.29, 0.717) is 6.54 Å². The number of hydrogen-bond acceptors (Lipinski definition) is 4. The van der Waals surface area contributed by atoms with Crippen molar-refractivity contribution < 1.29 is 10.2 Å². The number of aliphatic hydroxyl groups excluding tert-OH is 2. The van der Waals surface area contributed by atoms with Crippen molar-refractivity contribution in [3.05, 3.63) is 30.1 Å². The van der Waals surface area contributed by atoms with Gasteiger partial charge in [0.2, 0.25) is 0 Å². The molecular weight excluding hydrogens is 204 g/mol. The van der Waals surface area contributed by atoms with Crippen LogP contribution in [-0.4, -0.2) is 52.4 Å². The molecule has 16 heavy (non-hydrogen) atoms. The van der Waals surface area contributed by atoms with Crippen molar-refractivity contribution in [3.63, 3.8) is 0 Å². The summed E-state index contributed by atoms with van der Waals surface area (Å²) in [4.78, 5) is 6.35. The van der Waals surface area contributed by atoms with Gasteiger partial charge in [-0.1, -0.05) is 13.0 Å². The summed E-state index contributed by atoms with van der Waals surface area (Å²) >= 11 is 0.